The Bertz CT molecular complexity index is 516. The van der Waals surface area contributed by atoms with Crippen LogP contribution < -0.4 is 10.1 Å². The summed E-state index contributed by atoms with van der Waals surface area (Å²) in [7, 11) is 0. The fourth-order valence-electron chi connectivity index (χ4n) is 2.21. The van der Waals surface area contributed by atoms with E-state index in [4.69, 9.17) is 9.47 Å². The number of carbonyl (C=O) groups excluding carboxylic acids is 2. The Hall–Kier alpha value is -2.08. The Labute approximate surface area is 123 Å². The van der Waals surface area contributed by atoms with E-state index in [0.29, 0.717) is 18.9 Å². The second-order valence-corrected chi connectivity index (χ2v) is 5.25. The minimum absolute atomic E-state index is 0.165. The van der Waals surface area contributed by atoms with Crippen LogP contribution in [-0.4, -0.2) is 48.7 Å². The molecule has 0 bridgehead atoms. The van der Waals surface area contributed by atoms with Crippen molar-refractivity contribution in [1.29, 1.82) is 0 Å². The minimum atomic E-state index is -0.615. The van der Waals surface area contributed by atoms with Crippen molar-refractivity contribution in [3.8, 4) is 5.75 Å². The van der Waals surface area contributed by atoms with Crippen molar-refractivity contribution in [3.63, 3.8) is 0 Å². The Kier molecular flexibility index (Phi) is 4.06. The number of amides is 2. The summed E-state index contributed by atoms with van der Waals surface area (Å²) < 4.78 is 10.6. The third-order valence-corrected chi connectivity index (χ3v) is 3.54. The van der Waals surface area contributed by atoms with Gasteiger partial charge in [0.15, 0.2) is 0 Å². The number of nitrogens with zero attached hydrogens (tertiary/aromatic N) is 1. The summed E-state index contributed by atoms with van der Waals surface area (Å²) in [4.78, 5) is 25.9. The fourth-order valence-corrected chi connectivity index (χ4v) is 2.21. The molecule has 3 rings (SSSR count). The van der Waals surface area contributed by atoms with Crippen LogP contribution in [-0.2, 0) is 9.53 Å². The number of carbonyl (C=O) groups is 2. The highest BCUT2D eigenvalue weighted by Gasteiger charge is 2.36. The first kappa shape index (κ1) is 13.9. The van der Waals surface area contributed by atoms with Crippen molar-refractivity contribution in [1.82, 2.24) is 10.2 Å². The lowest BCUT2D eigenvalue weighted by atomic mass is 10.2. The Morgan fingerprint density at radius 1 is 1.24 bits per heavy atom. The molecule has 0 aromatic heterocycles. The number of ether oxygens (including phenoxy) is 2. The van der Waals surface area contributed by atoms with Crippen LogP contribution in [0.25, 0.3) is 0 Å². The molecule has 1 aromatic carbocycles. The molecular weight excluding hydrogens is 272 g/mol. The Balaban J connectivity index is 1.65. The van der Waals surface area contributed by atoms with E-state index >= 15 is 0 Å². The zero-order valence-electron chi connectivity index (χ0n) is 11.7. The maximum absolute atomic E-state index is 12.3. The molecule has 1 aliphatic heterocycles. The molecule has 1 unspecified atom stereocenters. The van der Waals surface area contributed by atoms with E-state index in [1.807, 2.05) is 6.07 Å². The maximum atomic E-state index is 12.3. The number of benzene rings is 1. The molecule has 1 saturated carbocycles. The lowest BCUT2D eigenvalue weighted by molar-refractivity contribution is -0.131. The van der Waals surface area contributed by atoms with Crippen LogP contribution in [0.3, 0.4) is 0 Å². The van der Waals surface area contributed by atoms with Crippen LogP contribution in [0.15, 0.2) is 30.3 Å². The summed E-state index contributed by atoms with van der Waals surface area (Å²) in [6.45, 7) is 0.980. The zero-order chi connectivity index (χ0) is 14.7. The molecule has 6 heteroatoms. The quantitative estimate of drug-likeness (QED) is 0.907. The summed E-state index contributed by atoms with van der Waals surface area (Å²) in [5, 5.41) is 2.90. The monoisotopic (exact) mass is 290 g/mol. The molecule has 21 heavy (non-hydrogen) atoms. The standard InChI is InChI=1S/C15H18N2O4/c18-14(16-11-6-7-11)13-10-20-9-8-17(13)15(19)21-12-4-2-1-3-5-12/h1-5,11,13H,6-10H2,(H,16,18). The van der Waals surface area contributed by atoms with Gasteiger partial charge in [-0.25, -0.2) is 4.79 Å². The van der Waals surface area contributed by atoms with E-state index in [0.717, 1.165) is 12.8 Å². The molecule has 6 nitrogen and oxygen atoms in total. The second kappa shape index (κ2) is 6.13. The number of nitrogens with one attached hydrogen (secondary N) is 1. The van der Waals surface area contributed by atoms with E-state index in [1.54, 1.807) is 24.3 Å². The highest BCUT2D eigenvalue weighted by Crippen LogP contribution is 2.20. The van der Waals surface area contributed by atoms with Gasteiger partial charge in [0.05, 0.1) is 13.2 Å². The van der Waals surface area contributed by atoms with Crippen molar-refractivity contribution in [2.45, 2.75) is 24.9 Å². The van der Waals surface area contributed by atoms with Gasteiger partial charge in [-0.3, -0.25) is 9.69 Å². The van der Waals surface area contributed by atoms with Gasteiger partial charge < -0.3 is 14.8 Å². The summed E-state index contributed by atoms with van der Waals surface area (Å²) in [6.07, 6.45) is 1.50. The molecule has 0 spiro atoms. The number of hydrogen-bond donors (Lipinski definition) is 1. The van der Waals surface area contributed by atoms with E-state index in [-0.39, 0.29) is 18.6 Å². The van der Waals surface area contributed by atoms with Gasteiger partial charge in [-0.15, -0.1) is 0 Å². The van der Waals surface area contributed by atoms with Crippen LogP contribution >= 0.6 is 0 Å². The van der Waals surface area contributed by atoms with Gasteiger partial charge in [0, 0.05) is 12.6 Å². The molecule has 1 saturated heterocycles. The molecular formula is C15H18N2O4. The molecule has 2 aliphatic rings. The van der Waals surface area contributed by atoms with Gasteiger partial charge in [0.1, 0.15) is 11.8 Å². The van der Waals surface area contributed by atoms with Crippen LogP contribution in [0.2, 0.25) is 0 Å². The highest BCUT2D eigenvalue weighted by atomic mass is 16.6. The maximum Gasteiger partial charge on any atom is 0.416 e. The molecule has 1 aliphatic carbocycles. The normalized spacial score (nSPS) is 21.7. The van der Waals surface area contributed by atoms with Crippen molar-refractivity contribution in [2.24, 2.45) is 0 Å². The van der Waals surface area contributed by atoms with Crippen LogP contribution in [0.5, 0.6) is 5.75 Å². The number of rotatable bonds is 3. The summed E-state index contributed by atoms with van der Waals surface area (Å²) >= 11 is 0. The van der Waals surface area contributed by atoms with Crippen LogP contribution in [0.1, 0.15) is 12.8 Å². The highest BCUT2D eigenvalue weighted by molar-refractivity contribution is 5.86. The third kappa shape index (κ3) is 3.52. The largest absolute Gasteiger partial charge is 0.416 e. The lowest BCUT2D eigenvalue weighted by Crippen LogP contribution is -2.56. The van der Waals surface area contributed by atoms with Crippen molar-refractivity contribution in [3.05, 3.63) is 30.3 Å². The van der Waals surface area contributed by atoms with Gasteiger partial charge >= 0.3 is 6.09 Å². The first-order valence-corrected chi connectivity index (χ1v) is 7.15. The SMILES string of the molecule is O=C(NC1CC1)C1COCCN1C(=O)Oc1ccccc1. The van der Waals surface area contributed by atoms with Gasteiger partial charge in [0.25, 0.3) is 0 Å². The fraction of sp³-hybridized carbons (Fsp3) is 0.467. The number of para-hydroxylation sites is 1. The van der Waals surface area contributed by atoms with Crippen molar-refractivity contribution in [2.75, 3.05) is 19.8 Å². The summed E-state index contributed by atoms with van der Waals surface area (Å²) in [6, 6.07) is 8.48. The van der Waals surface area contributed by atoms with E-state index in [2.05, 4.69) is 5.32 Å². The van der Waals surface area contributed by atoms with Crippen molar-refractivity contribution >= 4 is 12.0 Å². The second-order valence-electron chi connectivity index (χ2n) is 5.25. The van der Waals surface area contributed by atoms with Gasteiger partial charge in [0.2, 0.25) is 5.91 Å². The molecule has 1 aromatic rings. The predicted octanol–water partition coefficient (Wildman–Crippen LogP) is 1.16. The average molecular weight is 290 g/mol. The van der Waals surface area contributed by atoms with E-state index < -0.39 is 12.1 Å². The third-order valence-electron chi connectivity index (χ3n) is 3.54. The summed E-state index contributed by atoms with van der Waals surface area (Å²) in [5.74, 6) is 0.303. The average Bonchev–Trinajstić information content (AvgIpc) is 3.32. The molecule has 1 atom stereocenters. The number of morpholine rings is 1. The van der Waals surface area contributed by atoms with E-state index in [9.17, 15) is 9.59 Å². The van der Waals surface area contributed by atoms with Crippen LogP contribution in [0.4, 0.5) is 4.79 Å². The number of hydrogen-bond acceptors (Lipinski definition) is 4. The topological polar surface area (TPSA) is 67.9 Å². The summed E-state index contributed by atoms with van der Waals surface area (Å²) in [5.41, 5.74) is 0. The van der Waals surface area contributed by atoms with Crippen LogP contribution in [0, 0.1) is 0 Å². The Morgan fingerprint density at radius 2 is 2.00 bits per heavy atom. The molecule has 112 valence electrons. The molecule has 1 N–H and O–H groups in total. The van der Waals surface area contributed by atoms with E-state index in [1.165, 1.54) is 4.90 Å². The predicted molar refractivity (Wildman–Crippen MR) is 74.9 cm³/mol. The molecule has 0 radical (unpaired) electrons. The van der Waals surface area contributed by atoms with Crippen molar-refractivity contribution < 1.29 is 19.1 Å². The molecule has 1 heterocycles. The molecule has 2 amide bonds. The Morgan fingerprint density at radius 3 is 2.71 bits per heavy atom. The first-order chi connectivity index (χ1) is 10.2. The van der Waals surface area contributed by atoms with Gasteiger partial charge in [-0.2, -0.15) is 0 Å². The smallest absolute Gasteiger partial charge is 0.410 e. The lowest BCUT2D eigenvalue weighted by Gasteiger charge is -2.33. The van der Waals surface area contributed by atoms with Gasteiger partial charge in [-0.05, 0) is 25.0 Å². The zero-order valence-corrected chi connectivity index (χ0v) is 11.7. The van der Waals surface area contributed by atoms with Gasteiger partial charge in [-0.1, -0.05) is 18.2 Å². The minimum Gasteiger partial charge on any atom is -0.410 e. The first-order valence-electron chi connectivity index (χ1n) is 7.15. The molecule has 2 fully saturated rings.